The lowest BCUT2D eigenvalue weighted by Crippen LogP contribution is -2.53. The highest BCUT2D eigenvalue weighted by Gasteiger charge is 2.22. The van der Waals surface area contributed by atoms with Crippen molar-refractivity contribution in [2.75, 3.05) is 45.7 Å². The van der Waals surface area contributed by atoms with Gasteiger partial charge in [0.05, 0.1) is 7.11 Å². The molecule has 0 aliphatic carbocycles. The van der Waals surface area contributed by atoms with Crippen LogP contribution in [0.2, 0.25) is 0 Å². The zero-order chi connectivity index (χ0) is 20.5. The fraction of sp³-hybridized carbons (Fsp3) is 0.619. The first kappa shape index (κ1) is 25.3. The topological polar surface area (TPSA) is 69.2 Å². The molecule has 2 N–H and O–H groups in total. The van der Waals surface area contributed by atoms with Gasteiger partial charge in [-0.1, -0.05) is 13.0 Å². The number of carbonyl (C=O) groups excluding carboxylic acids is 1. The molecule has 1 heterocycles. The van der Waals surface area contributed by atoms with Crippen LogP contribution in [-0.4, -0.2) is 69.7 Å². The highest BCUT2D eigenvalue weighted by molar-refractivity contribution is 14.0. The van der Waals surface area contributed by atoms with Gasteiger partial charge in [0.15, 0.2) is 5.96 Å². The van der Waals surface area contributed by atoms with E-state index in [0.29, 0.717) is 12.0 Å². The molecule has 164 valence electrons. The quantitative estimate of drug-likeness (QED) is 0.331. The van der Waals surface area contributed by atoms with Gasteiger partial charge in [-0.2, -0.15) is 0 Å². The first-order chi connectivity index (χ1) is 13.4. The summed E-state index contributed by atoms with van der Waals surface area (Å²) in [4.78, 5) is 20.4. The van der Waals surface area contributed by atoms with Gasteiger partial charge in [0.25, 0.3) is 0 Å². The molecule has 1 amide bonds. The van der Waals surface area contributed by atoms with Crippen LogP contribution in [0.25, 0.3) is 0 Å². The molecule has 2 unspecified atom stereocenters. The molecular weight excluding hydrogens is 481 g/mol. The molecule has 0 saturated carbocycles. The van der Waals surface area contributed by atoms with E-state index in [9.17, 15) is 4.79 Å². The van der Waals surface area contributed by atoms with E-state index >= 15 is 0 Å². The predicted molar refractivity (Wildman–Crippen MR) is 131 cm³/mol. The lowest BCUT2D eigenvalue weighted by molar-refractivity contribution is -0.127. The van der Waals surface area contributed by atoms with Crippen molar-refractivity contribution in [2.24, 2.45) is 4.99 Å². The van der Waals surface area contributed by atoms with Gasteiger partial charge in [0, 0.05) is 51.0 Å². The van der Waals surface area contributed by atoms with Crippen LogP contribution in [-0.2, 0) is 4.79 Å². The molecule has 0 aromatic heterocycles. The number of rotatable bonds is 7. The van der Waals surface area contributed by atoms with Crippen molar-refractivity contribution in [3.05, 3.63) is 24.3 Å². The normalized spacial score (nSPS) is 17.8. The van der Waals surface area contributed by atoms with Crippen molar-refractivity contribution in [1.29, 1.82) is 0 Å². The molecule has 29 heavy (non-hydrogen) atoms. The Morgan fingerprint density at radius 3 is 2.83 bits per heavy atom. The molecule has 7 nitrogen and oxygen atoms in total. The molecule has 1 aromatic rings. The summed E-state index contributed by atoms with van der Waals surface area (Å²) in [6.07, 6.45) is 3.16. The summed E-state index contributed by atoms with van der Waals surface area (Å²) >= 11 is 0. The number of piperidine rings is 1. The van der Waals surface area contributed by atoms with Crippen molar-refractivity contribution in [1.82, 2.24) is 15.5 Å². The standard InChI is InChI=1S/C21H35N5O2.HI/c1-6-16(2)23-21(22-14-20(27)25(3)4)24-17-9-8-12-26(15-17)18-10-7-11-19(13-18)28-5;/h7,10-11,13,16-17H,6,8-9,12,14-15H2,1-5H3,(H2,22,23,24);1H. The number of ether oxygens (including phenoxy) is 1. The minimum absolute atomic E-state index is 0. The second kappa shape index (κ2) is 12.8. The number of benzene rings is 1. The molecule has 1 aliphatic rings. The van der Waals surface area contributed by atoms with Crippen LogP contribution in [0.3, 0.4) is 0 Å². The van der Waals surface area contributed by atoms with Crippen LogP contribution in [0.4, 0.5) is 5.69 Å². The number of anilines is 1. The summed E-state index contributed by atoms with van der Waals surface area (Å²) in [5.74, 6) is 1.57. The van der Waals surface area contributed by atoms with Crippen LogP contribution in [0.5, 0.6) is 5.75 Å². The number of aliphatic imine (C=N–C) groups is 1. The fourth-order valence-corrected chi connectivity index (χ4v) is 3.09. The maximum Gasteiger partial charge on any atom is 0.243 e. The number of methoxy groups -OCH3 is 1. The molecule has 0 spiro atoms. The van der Waals surface area contributed by atoms with Gasteiger partial charge in [0.2, 0.25) is 5.91 Å². The predicted octanol–water partition coefficient (Wildman–Crippen LogP) is 2.70. The molecule has 0 radical (unpaired) electrons. The largest absolute Gasteiger partial charge is 0.497 e. The van der Waals surface area contributed by atoms with Crippen LogP contribution in [0.1, 0.15) is 33.1 Å². The number of guanidine groups is 1. The third-order valence-electron chi connectivity index (χ3n) is 5.05. The molecule has 1 aliphatic heterocycles. The highest BCUT2D eigenvalue weighted by Crippen LogP contribution is 2.24. The summed E-state index contributed by atoms with van der Waals surface area (Å²) in [5, 5.41) is 6.95. The number of hydrogen-bond donors (Lipinski definition) is 2. The fourth-order valence-electron chi connectivity index (χ4n) is 3.09. The smallest absolute Gasteiger partial charge is 0.243 e. The lowest BCUT2D eigenvalue weighted by Gasteiger charge is -2.36. The van der Waals surface area contributed by atoms with Gasteiger partial charge in [0.1, 0.15) is 12.3 Å². The summed E-state index contributed by atoms with van der Waals surface area (Å²) in [7, 11) is 5.19. The van der Waals surface area contributed by atoms with E-state index in [2.05, 4.69) is 46.5 Å². The number of carbonyl (C=O) groups is 1. The van der Waals surface area contributed by atoms with Gasteiger partial charge in [-0.25, -0.2) is 4.99 Å². The SMILES string of the molecule is CCC(C)NC(=NCC(=O)N(C)C)NC1CCCN(c2cccc(OC)c2)C1.I. The first-order valence-corrected chi connectivity index (χ1v) is 10.1. The van der Waals surface area contributed by atoms with E-state index in [-0.39, 0.29) is 42.5 Å². The maximum atomic E-state index is 11.9. The number of likely N-dealkylation sites (N-methyl/N-ethyl adjacent to an activating group) is 1. The Hall–Kier alpha value is -1.71. The van der Waals surface area contributed by atoms with E-state index < -0.39 is 0 Å². The maximum absolute atomic E-state index is 11.9. The molecule has 2 rings (SSSR count). The number of halogens is 1. The second-order valence-electron chi connectivity index (χ2n) is 7.54. The van der Waals surface area contributed by atoms with E-state index in [1.807, 2.05) is 12.1 Å². The van der Waals surface area contributed by atoms with Gasteiger partial charge in [-0.3, -0.25) is 4.79 Å². The van der Waals surface area contributed by atoms with Crippen LogP contribution in [0, 0.1) is 0 Å². The minimum Gasteiger partial charge on any atom is -0.497 e. The van der Waals surface area contributed by atoms with Gasteiger partial charge >= 0.3 is 0 Å². The Kier molecular flexibility index (Phi) is 11.2. The van der Waals surface area contributed by atoms with Gasteiger partial charge in [-0.05, 0) is 38.3 Å². The molecule has 1 saturated heterocycles. The van der Waals surface area contributed by atoms with Gasteiger partial charge in [-0.15, -0.1) is 24.0 Å². The summed E-state index contributed by atoms with van der Waals surface area (Å²) in [6, 6.07) is 8.74. The monoisotopic (exact) mass is 517 g/mol. The van der Waals surface area contributed by atoms with Crippen LogP contribution < -0.4 is 20.3 Å². The highest BCUT2D eigenvalue weighted by atomic mass is 127. The summed E-state index contributed by atoms with van der Waals surface area (Å²) in [5.41, 5.74) is 1.17. The Morgan fingerprint density at radius 2 is 2.17 bits per heavy atom. The molecular formula is C21H36IN5O2. The molecule has 1 aromatic carbocycles. The third-order valence-corrected chi connectivity index (χ3v) is 5.05. The Labute approximate surface area is 192 Å². The van der Waals surface area contributed by atoms with E-state index in [1.54, 1.807) is 26.1 Å². The summed E-state index contributed by atoms with van der Waals surface area (Å²) < 4.78 is 5.36. The van der Waals surface area contributed by atoms with E-state index in [0.717, 1.165) is 38.1 Å². The number of nitrogens with one attached hydrogen (secondary N) is 2. The Balaban J connectivity index is 0.00000420. The molecule has 2 atom stereocenters. The van der Waals surface area contributed by atoms with Crippen LogP contribution in [0.15, 0.2) is 29.3 Å². The van der Waals surface area contributed by atoms with Crippen molar-refractivity contribution >= 4 is 41.5 Å². The molecule has 0 bridgehead atoms. The van der Waals surface area contributed by atoms with Gasteiger partial charge < -0.3 is 25.2 Å². The minimum atomic E-state index is -0.00750. The Morgan fingerprint density at radius 1 is 1.41 bits per heavy atom. The number of amides is 1. The lowest BCUT2D eigenvalue weighted by atomic mass is 10.0. The first-order valence-electron chi connectivity index (χ1n) is 10.1. The van der Waals surface area contributed by atoms with Crippen molar-refractivity contribution in [2.45, 2.75) is 45.2 Å². The number of nitrogens with zero attached hydrogens (tertiary/aromatic N) is 3. The van der Waals surface area contributed by atoms with Crippen LogP contribution >= 0.6 is 24.0 Å². The molecule has 1 fully saturated rings. The second-order valence-corrected chi connectivity index (χ2v) is 7.54. The number of hydrogen-bond acceptors (Lipinski definition) is 4. The van der Waals surface area contributed by atoms with Crippen molar-refractivity contribution < 1.29 is 9.53 Å². The molecule has 8 heteroatoms. The van der Waals surface area contributed by atoms with Crippen molar-refractivity contribution in [3.63, 3.8) is 0 Å². The average Bonchev–Trinajstić information content (AvgIpc) is 2.71. The zero-order valence-electron chi connectivity index (χ0n) is 18.3. The van der Waals surface area contributed by atoms with E-state index in [1.165, 1.54) is 5.69 Å². The van der Waals surface area contributed by atoms with E-state index in [4.69, 9.17) is 4.74 Å². The Bertz CT molecular complexity index is 668. The van der Waals surface area contributed by atoms with Crippen molar-refractivity contribution in [3.8, 4) is 5.75 Å². The summed E-state index contributed by atoms with van der Waals surface area (Å²) in [6.45, 7) is 6.30. The average molecular weight is 517 g/mol. The zero-order valence-corrected chi connectivity index (χ0v) is 20.6. The third kappa shape index (κ3) is 8.28.